The third-order valence-electron chi connectivity index (χ3n) is 2.79. The molecule has 0 saturated carbocycles. The van der Waals surface area contributed by atoms with Gasteiger partial charge in [0.25, 0.3) is 5.91 Å². The van der Waals surface area contributed by atoms with Gasteiger partial charge in [0.2, 0.25) is 5.54 Å². The van der Waals surface area contributed by atoms with E-state index in [9.17, 15) is 14.4 Å². The molecule has 0 atom stereocenters. The second-order valence-electron chi connectivity index (χ2n) is 4.11. The highest BCUT2D eigenvalue weighted by Crippen LogP contribution is 2.19. The number of halogens is 1. The standard InChI is InChI=1S/C13H11ClN2O5/c14-9-5-2-1-4-8(9)10(17)16-13(11(18)19,12(20)21)6-3-7-15/h1-2,4-5H,3,6H2,(H,16,17)(H,18,19)(H,20,21). The molecule has 0 spiro atoms. The van der Waals surface area contributed by atoms with Crippen LogP contribution in [0.3, 0.4) is 0 Å². The number of nitrogens with one attached hydrogen (secondary N) is 1. The molecule has 0 fully saturated rings. The topological polar surface area (TPSA) is 127 Å². The molecule has 0 bridgehead atoms. The number of nitriles is 1. The van der Waals surface area contributed by atoms with E-state index in [1.54, 1.807) is 12.1 Å². The third kappa shape index (κ3) is 3.49. The average molecular weight is 311 g/mol. The lowest BCUT2D eigenvalue weighted by atomic mass is 9.93. The predicted molar refractivity (Wildman–Crippen MR) is 71.8 cm³/mol. The molecule has 0 saturated heterocycles. The Bertz CT molecular complexity index is 609. The Morgan fingerprint density at radius 3 is 2.29 bits per heavy atom. The van der Waals surface area contributed by atoms with Gasteiger partial charge < -0.3 is 15.5 Å². The quantitative estimate of drug-likeness (QED) is 0.679. The van der Waals surface area contributed by atoms with Crippen molar-refractivity contribution in [1.82, 2.24) is 5.32 Å². The van der Waals surface area contributed by atoms with Crippen LogP contribution in [0.1, 0.15) is 23.2 Å². The first-order valence-electron chi connectivity index (χ1n) is 5.76. The Morgan fingerprint density at radius 2 is 1.81 bits per heavy atom. The molecular weight excluding hydrogens is 300 g/mol. The molecule has 1 aromatic carbocycles. The molecule has 1 aromatic rings. The number of amides is 1. The van der Waals surface area contributed by atoms with Crippen molar-refractivity contribution in [1.29, 1.82) is 5.26 Å². The zero-order chi connectivity index (χ0) is 16.0. The first-order valence-corrected chi connectivity index (χ1v) is 6.13. The van der Waals surface area contributed by atoms with Crippen molar-refractivity contribution in [3.63, 3.8) is 0 Å². The van der Waals surface area contributed by atoms with Crippen molar-refractivity contribution in [2.45, 2.75) is 18.4 Å². The summed E-state index contributed by atoms with van der Waals surface area (Å²) in [4.78, 5) is 34.6. The van der Waals surface area contributed by atoms with Crippen LogP contribution in [0.25, 0.3) is 0 Å². The SMILES string of the molecule is N#CCCC(NC(=O)c1ccccc1Cl)(C(=O)O)C(=O)O. The average Bonchev–Trinajstić information content (AvgIpc) is 2.43. The number of hydrogen-bond donors (Lipinski definition) is 3. The molecule has 0 aliphatic rings. The van der Waals surface area contributed by atoms with E-state index in [0.717, 1.165) is 0 Å². The summed E-state index contributed by atoms with van der Waals surface area (Å²) in [6.07, 6.45) is -0.911. The Morgan fingerprint density at radius 1 is 1.24 bits per heavy atom. The van der Waals surface area contributed by atoms with Crippen LogP contribution in [0.15, 0.2) is 24.3 Å². The summed E-state index contributed by atoms with van der Waals surface area (Å²) in [6, 6.07) is 7.46. The number of nitrogens with zero attached hydrogens (tertiary/aromatic N) is 1. The van der Waals surface area contributed by atoms with Crippen molar-refractivity contribution in [3.05, 3.63) is 34.9 Å². The fraction of sp³-hybridized carbons (Fsp3) is 0.231. The van der Waals surface area contributed by atoms with Crippen molar-refractivity contribution in [2.75, 3.05) is 0 Å². The van der Waals surface area contributed by atoms with Crippen LogP contribution in [-0.4, -0.2) is 33.6 Å². The van der Waals surface area contributed by atoms with E-state index < -0.39 is 29.8 Å². The Labute approximate surface area is 124 Å². The molecule has 3 N–H and O–H groups in total. The molecule has 8 heteroatoms. The molecule has 110 valence electrons. The molecule has 0 aliphatic heterocycles. The molecule has 1 rings (SSSR count). The van der Waals surface area contributed by atoms with Crippen LogP contribution in [0.5, 0.6) is 0 Å². The molecular formula is C13H11ClN2O5. The van der Waals surface area contributed by atoms with Crippen LogP contribution in [0, 0.1) is 11.3 Å². The van der Waals surface area contributed by atoms with Gasteiger partial charge in [0.15, 0.2) is 0 Å². The van der Waals surface area contributed by atoms with Crippen LogP contribution in [0.4, 0.5) is 0 Å². The highest BCUT2D eigenvalue weighted by molar-refractivity contribution is 6.34. The van der Waals surface area contributed by atoms with Gasteiger partial charge in [-0.3, -0.25) is 4.79 Å². The van der Waals surface area contributed by atoms with E-state index in [4.69, 9.17) is 27.1 Å². The minimum absolute atomic E-state index is 0.0528. The minimum Gasteiger partial charge on any atom is -0.479 e. The van der Waals surface area contributed by atoms with Crippen LogP contribution >= 0.6 is 11.6 Å². The zero-order valence-corrected chi connectivity index (χ0v) is 11.4. The predicted octanol–water partition coefficient (Wildman–Crippen LogP) is 1.28. The smallest absolute Gasteiger partial charge is 0.341 e. The lowest BCUT2D eigenvalue weighted by Crippen LogP contribution is -2.60. The summed E-state index contributed by atoms with van der Waals surface area (Å²) in [6.45, 7) is 0. The second kappa shape index (κ2) is 6.72. The molecule has 7 nitrogen and oxygen atoms in total. The highest BCUT2D eigenvalue weighted by Gasteiger charge is 2.48. The number of carbonyl (C=O) groups is 3. The minimum atomic E-state index is -2.58. The maximum Gasteiger partial charge on any atom is 0.341 e. The Hall–Kier alpha value is -2.59. The monoisotopic (exact) mass is 310 g/mol. The van der Waals surface area contributed by atoms with E-state index >= 15 is 0 Å². The maximum atomic E-state index is 12.0. The van der Waals surface area contributed by atoms with Gasteiger partial charge in [0.05, 0.1) is 16.7 Å². The van der Waals surface area contributed by atoms with E-state index in [1.807, 2.05) is 5.32 Å². The lowest BCUT2D eigenvalue weighted by molar-refractivity contribution is -0.158. The molecule has 1 amide bonds. The molecule has 0 aromatic heterocycles. The van der Waals surface area contributed by atoms with Gasteiger partial charge in [-0.05, 0) is 12.1 Å². The van der Waals surface area contributed by atoms with E-state index in [0.29, 0.717) is 0 Å². The summed E-state index contributed by atoms with van der Waals surface area (Å²) in [5.41, 5.74) is -2.63. The van der Waals surface area contributed by atoms with Crippen molar-refractivity contribution in [3.8, 4) is 6.07 Å². The van der Waals surface area contributed by atoms with Crippen LogP contribution < -0.4 is 5.32 Å². The van der Waals surface area contributed by atoms with Gasteiger partial charge >= 0.3 is 11.9 Å². The van der Waals surface area contributed by atoms with E-state index in [2.05, 4.69) is 0 Å². The molecule has 0 radical (unpaired) electrons. The van der Waals surface area contributed by atoms with Crippen molar-refractivity contribution in [2.24, 2.45) is 0 Å². The van der Waals surface area contributed by atoms with Crippen LogP contribution in [-0.2, 0) is 9.59 Å². The number of aliphatic carboxylic acids is 2. The van der Waals surface area contributed by atoms with E-state index in [-0.39, 0.29) is 17.0 Å². The molecule has 0 unspecified atom stereocenters. The second-order valence-corrected chi connectivity index (χ2v) is 4.51. The first-order chi connectivity index (χ1) is 9.85. The van der Waals surface area contributed by atoms with Gasteiger partial charge in [-0.25, -0.2) is 9.59 Å². The number of carboxylic acid groups (broad SMARTS) is 2. The number of hydrogen-bond acceptors (Lipinski definition) is 4. The van der Waals surface area contributed by atoms with E-state index in [1.165, 1.54) is 18.2 Å². The largest absolute Gasteiger partial charge is 0.479 e. The van der Waals surface area contributed by atoms with Gasteiger partial charge in [0.1, 0.15) is 0 Å². The third-order valence-corrected chi connectivity index (χ3v) is 3.12. The Kier molecular flexibility index (Phi) is 5.27. The normalized spacial score (nSPS) is 10.5. The first kappa shape index (κ1) is 16.5. The fourth-order valence-corrected chi connectivity index (χ4v) is 1.85. The molecule has 21 heavy (non-hydrogen) atoms. The van der Waals surface area contributed by atoms with Gasteiger partial charge in [-0.15, -0.1) is 0 Å². The summed E-state index contributed by atoms with van der Waals surface area (Å²) in [5.74, 6) is -4.46. The summed E-state index contributed by atoms with van der Waals surface area (Å²) in [7, 11) is 0. The maximum absolute atomic E-state index is 12.0. The van der Waals surface area contributed by atoms with Gasteiger partial charge in [0, 0.05) is 12.8 Å². The number of benzene rings is 1. The Balaban J connectivity index is 3.15. The molecule has 0 heterocycles. The number of rotatable bonds is 6. The highest BCUT2D eigenvalue weighted by atomic mass is 35.5. The molecule has 0 aliphatic carbocycles. The lowest BCUT2D eigenvalue weighted by Gasteiger charge is -2.25. The number of carbonyl (C=O) groups excluding carboxylic acids is 1. The summed E-state index contributed by atoms with van der Waals surface area (Å²) < 4.78 is 0. The fourth-order valence-electron chi connectivity index (χ4n) is 1.62. The van der Waals surface area contributed by atoms with Crippen molar-refractivity contribution >= 4 is 29.4 Å². The van der Waals surface area contributed by atoms with Gasteiger partial charge in [-0.1, -0.05) is 23.7 Å². The number of carboxylic acids is 2. The summed E-state index contributed by atoms with van der Waals surface area (Å²) >= 11 is 5.80. The van der Waals surface area contributed by atoms with Crippen LogP contribution in [0.2, 0.25) is 5.02 Å². The van der Waals surface area contributed by atoms with Gasteiger partial charge in [-0.2, -0.15) is 5.26 Å². The summed E-state index contributed by atoms with van der Waals surface area (Å²) in [5, 5.41) is 28.8. The van der Waals surface area contributed by atoms with Crippen molar-refractivity contribution < 1.29 is 24.6 Å². The zero-order valence-electron chi connectivity index (χ0n) is 10.7.